The normalized spacial score (nSPS) is 10.8. The van der Waals surface area contributed by atoms with Gasteiger partial charge in [-0.25, -0.2) is 4.98 Å². The van der Waals surface area contributed by atoms with Crippen LogP contribution in [0.1, 0.15) is 5.56 Å². The first kappa shape index (κ1) is 11.4. The van der Waals surface area contributed by atoms with Crippen LogP contribution in [0.3, 0.4) is 0 Å². The molecule has 0 amide bonds. The molecular formula is C16H12BrN. The van der Waals surface area contributed by atoms with E-state index in [9.17, 15) is 0 Å². The fourth-order valence-electron chi connectivity index (χ4n) is 2.06. The maximum atomic E-state index is 4.71. The number of pyridine rings is 1. The van der Waals surface area contributed by atoms with E-state index in [2.05, 4.69) is 65.3 Å². The van der Waals surface area contributed by atoms with E-state index in [0.717, 1.165) is 21.1 Å². The maximum Gasteiger partial charge on any atom is 0.0710 e. The highest BCUT2D eigenvalue weighted by atomic mass is 79.9. The molecule has 0 aliphatic rings. The highest BCUT2D eigenvalue weighted by Gasteiger charge is 2.02. The Morgan fingerprint density at radius 1 is 0.944 bits per heavy atom. The average Bonchev–Trinajstić information content (AvgIpc) is 2.38. The molecule has 0 saturated carbocycles. The maximum absolute atomic E-state index is 4.71. The SMILES string of the molecule is Cc1cccc(-c2ccc3cc(Br)ccc3n2)c1. The van der Waals surface area contributed by atoms with Crippen LogP contribution in [0.5, 0.6) is 0 Å². The van der Waals surface area contributed by atoms with E-state index in [4.69, 9.17) is 4.98 Å². The molecular weight excluding hydrogens is 286 g/mol. The van der Waals surface area contributed by atoms with Crippen LogP contribution in [0.2, 0.25) is 0 Å². The van der Waals surface area contributed by atoms with Crippen LogP contribution >= 0.6 is 15.9 Å². The van der Waals surface area contributed by atoms with E-state index >= 15 is 0 Å². The van der Waals surface area contributed by atoms with Crippen LogP contribution in [0.4, 0.5) is 0 Å². The molecule has 0 unspecified atom stereocenters. The molecule has 0 spiro atoms. The lowest BCUT2D eigenvalue weighted by Gasteiger charge is -2.04. The van der Waals surface area contributed by atoms with Crippen molar-refractivity contribution in [2.75, 3.05) is 0 Å². The molecule has 0 radical (unpaired) electrons. The Kier molecular flexibility index (Phi) is 2.88. The van der Waals surface area contributed by atoms with Crippen molar-refractivity contribution >= 4 is 26.8 Å². The number of aromatic nitrogens is 1. The van der Waals surface area contributed by atoms with Crippen LogP contribution in [0, 0.1) is 6.92 Å². The minimum atomic E-state index is 1.02. The van der Waals surface area contributed by atoms with Gasteiger partial charge in [-0.3, -0.25) is 0 Å². The average molecular weight is 298 g/mol. The van der Waals surface area contributed by atoms with Crippen LogP contribution in [0.15, 0.2) is 59.1 Å². The molecule has 3 aromatic rings. The smallest absolute Gasteiger partial charge is 0.0710 e. The lowest BCUT2D eigenvalue weighted by atomic mass is 10.1. The minimum Gasteiger partial charge on any atom is -0.248 e. The number of hydrogen-bond acceptors (Lipinski definition) is 1. The summed E-state index contributed by atoms with van der Waals surface area (Å²) in [7, 11) is 0. The second-order valence-corrected chi connectivity index (χ2v) is 5.32. The summed E-state index contributed by atoms with van der Waals surface area (Å²) >= 11 is 3.48. The minimum absolute atomic E-state index is 1.02. The molecule has 0 N–H and O–H groups in total. The quantitative estimate of drug-likeness (QED) is 0.618. The van der Waals surface area contributed by atoms with Gasteiger partial charge in [0.2, 0.25) is 0 Å². The number of fused-ring (bicyclic) bond motifs is 1. The molecule has 1 heterocycles. The summed E-state index contributed by atoms with van der Waals surface area (Å²) < 4.78 is 1.08. The van der Waals surface area contributed by atoms with Gasteiger partial charge < -0.3 is 0 Å². The first-order chi connectivity index (χ1) is 8.72. The highest BCUT2D eigenvalue weighted by Crippen LogP contribution is 2.23. The second-order valence-electron chi connectivity index (χ2n) is 4.40. The fourth-order valence-corrected chi connectivity index (χ4v) is 2.44. The Balaban J connectivity index is 2.16. The molecule has 18 heavy (non-hydrogen) atoms. The van der Waals surface area contributed by atoms with E-state index in [1.54, 1.807) is 0 Å². The van der Waals surface area contributed by atoms with Crippen molar-refractivity contribution in [3.63, 3.8) is 0 Å². The standard InChI is InChI=1S/C16H12BrN/c1-11-3-2-4-12(9-11)15-7-5-13-10-14(17)6-8-16(13)18-15/h2-10H,1H3. The third-order valence-corrected chi connectivity index (χ3v) is 3.46. The summed E-state index contributed by atoms with van der Waals surface area (Å²) in [6, 6.07) is 18.8. The highest BCUT2D eigenvalue weighted by molar-refractivity contribution is 9.10. The predicted octanol–water partition coefficient (Wildman–Crippen LogP) is 4.97. The van der Waals surface area contributed by atoms with Crippen molar-refractivity contribution in [3.05, 3.63) is 64.6 Å². The largest absolute Gasteiger partial charge is 0.248 e. The number of aryl methyl sites for hydroxylation is 1. The Bertz CT molecular complexity index is 719. The van der Waals surface area contributed by atoms with Gasteiger partial charge in [0.15, 0.2) is 0 Å². The van der Waals surface area contributed by atoms with Crippen LogP contribution < -0.4 is 0 Å². The van der Waals surface area contributed by atoms with Gasteiger partial charge in [0.05, 0.1) is 11.2 Å². The molecule has 3 rings (SSSR count). The zero-order valence-corrected chi connectivity index (χ0v) is 11.6. The molecule has 0 bridgehead atoms. The summed E-state index contributed by atoms with van der Waals surface area (Å²) in [6.07, 6.45) is 0. The summed E-state index contributed by atoms with van der Waals surface area (Å²) in [4.78, 5) is 4.71. The predicted molar refractivity (Wildman–Crippen MR) is 79.6 cm³/mol. The lowest BCUT2D eigenvalue weighted by molar-refractivity contribution is 1.38. The van der Waals surface area contributed by atoms with Crippen molar-refractivity contribution in [1.29, 1.82) is 0 Å². The van der Waals surface area contributed by atoms with Crippen molar-refractivity contribution in [1.82, 2.24) is 4.98 Å². The van der Waals surface area contributed by atoms with Gasteiger partial charge in [-0.15, -0.1) is 0 Å². The van der Waals surface area contributed by atoms with Gasteiger partial charge in [-0.05, 0) is 37.3 Å². The van der Waals surface area contributed by atoms with Gasteiger partial charge in [-0.1, -0.05) is 45.8 Å². The molecule has 1 aromatic heterocycles. The molecule has 2 aromatic carbocycles. The molecule has 0 saturated heterocycles. The Hall–Kier alpha value is -1.67. The second kappa shape index (κ2) is 4.54. The third kappa shape index (κ3) is 2.16. The molecule has 88 valence electrons. The van der Waals surface area contributed by atoms with E-state index < -0.39 is 0 Å². The Labute approximate surface area is 115 Å². The molecule has 0 atom stereocenters. The van der Waals surface area contributed by atoms with E-state index in [1.165, 1.54) is 11.1 Å². The van der Waals surface area contributed by atoms with Crippen LogP contribution in [-0.2, 0) is 0 Å². The number of benzene rings is 2. The summed E-state index contributed by atoms with van der Waals surface area (Å²) in [5.41, 5.74) is 4.47. The topological polar surface area (TPSA) is 12.9 Å². The molecule has 0 aliphatic carbocycles. The van der Waals surface area contributed by atoms with Crippen molar-refractivity contribution in [2.45, 2.75) is 6.92 Å². The molecule has 2 heteroatoms. The van der Waals surface area contributed by atoms with E-state index in [-0.39, 0.29) is 0 Å². The Morgan fingerprint density at radius 2 is 1.83 bits per heavy atom. The zero-order chi connectivity index (χ0) is 12.5. The van der Waals surface area contributed by atoms with Gasteiger partial charge >= 0.3 is 0 Å². The lowest BCUT2D eigenvalue weighted by Crippen LogP contribution is -1.86. The number of nitrogens with zero attached hydrogens (tertiary/aromatic N) is 1. The summed E-state index contributed by atoms with van der Waals surface area (Å²) in [5, 5.41) is 1.15. The number of hydrogen-bond donors (Lipinski definition) is 0. The van der Waals surface area contributed by atoms with Crippen molar-refractivity contribution in [3.8, 4) is 11.3 Å². The van der Waals surface area contributed by atoms with Gasteiger partial charge in [0, 0.05) is 15.4 Å². The molecule has 0 fully saturated rings. The van der Waals surface area contributed by atoms with Crippen molar-refractivity contribution < 1.29 is 0 Å². The summed E-state index contributed by atoms with van der Waals surface area (Å²) in [5.74, 6) is 0. The van der Waals surface area contributed by atoms with Crippen LogP contribution in [0.25, 0.3) is 22.2 Å². The van der Waals surface area contributed by atoms with Gasteiger partial charge in [-0.2, -0.15) is 0 Å². The molecule has 1 nitrogen and oxygen atoms in total. The first-order valence-corrected chi connectivity index (χ1v) is 6.65. The monoisotopic (exact) mass is 297 g/mol. The number of rotatable bonds is 1. The van der Waals surface area contributed by atoms with Gasteiger partial charge in [0.1, 0.15) is 0 Å². The fraction of sp³-hybridized carbons (Fsp3) is 0.0625. The third-order valence-electron chi connectivity index (χ3n) is 2.97. The summed E-state index contributed by atoms with van der Waals surface area (Å²) in [6.45, 7) is 2.10. The van der Waals surface area contributed by atoms with Crippen LogP contribution in [-0.4, -0.2) is 4.98 Å². The van der Waals surface area contributed by atoms with Crippen molar-refractivity contribution in [2.24, 2.45) is 0 Å². The first-order valence-electron chi connectivity index (χ1n) is 5.86. The number of halogens is 1. The zero-order valence-electron chi connectivity index (χ0n) is 10.0. The Morgan fingerprint density at radius 3 is 2.67 bits per heavy atom. The van der Waals surface area contributed by atoms with E-state index in [0.29, 0.717) is 0 Å². The van der Waals surface area contributed by atoms with E-state index in [1.807, 2.05) is 12.1 Å². The molecule has 0 aliphatic heterocycles. The van der Waals surface area contributed by atoms with Gasteiger partial charge in [0.25, 0.3) is 0 Å².